The second kappa shape index (κ2) is 4.53. The van der Waals surface area contributed by atoms with Gasteiger partial charge in [0.05, 0.1) is 0 Å². The number of hydrogen-bond donors (Lipinski definition) is 3. The van der Waals surface area contributed by atoms with Crippen molar-refractivity contribution in [3.8, 4) is 0 Å². The zero-order valence-electron chi connectivity index (χ0n) is 9.60. The topological polar surface area (TPSA) is 81.1 Å². The maximum absolute atomic E-state index is 11.3. The number of hydrogen-bond acceptors (Lipinski definition) is 3. The highest BCUT2D eigenvalue weighted by atomic mass is 16.2. The van der Waals surface area contributed by atoms with Crippen LogP contribution in [0.25, 0.3) is 10.8 Å². The van der Waals surface area contributed by atoms with Crippen LogP contribution in [0.2, 0.25) is 0 Å². The number of benzene rings is 2. The normalized spacial score (nSPS) is 12.4. The number of rotatable bonds is 2. The van der Waals surface area contributed by atoms with Gasteiger partial charge in [-0.05, 0) is 29.3 Å². The monoisotopic (exact) mass is 229 g/mol. The molecule has 0 saturated carbocycles. The summed E-state index contributed by atoms with van der Waals surface area (Å²) >= 11 is 0. The van der Waals surface area contributed by atoms with Gasteiger partial charge in [-0.25, -0.2) is 5.84 Å². The van der Waals surface area contributed by atoms with E-state index in [1.54, 1.807) is 0 Å². The van der Waals surface area contributed by atoms with Gasteiger partial charge in [-0.15, -0.1) is 0 Å². The van der Waals surface area contributed by atoms with E-state index in [1.165, 1.54) is 5.56 Å². The summed E-state index contributed by atoms with van der Waals surface area (Å²) in [5.74, 6) is 4.67. The van der Waals surface area contributed by atoms with Crippen molar-refractivity contribution in [2.75, 3.05) is 0 Å². The molecule has 2 rings (SSSR count). The molecule has 4 nitrogen and oxygen atoms in total. The molecule has 2 aromatic carbocycles. The maximum atomic E-state index is 11.3. The predicted molar refractivity (Wildman–Crippen MR) is 67.9 cm³/mol. The number of fused-ring (bicyclic) bond motifs is 1. The summed E-state index contributed by atoms with van der Waals surface area (Å²) in [5, 5.41) is 2.20. The molecule has 4 heteroatoms. The zero-order chi connectivity index (χ0) is 12.4. The molecule has 17 heavy (non-hydrogen) atoms. The quantitative estimate of drug-likeness (QED) is 0.410. The molecule has 2 aromatic rings. The van der Waals surface area contributed by atoms with Gasteiger partial charge in [0.15, 0.2) is 0 Å². The molecule has 0 radical (unpaired) electrons. The van der Waals surface area contributed by atoms with Crippen molar-refractivity contribution in [2.45, 2.75) is 13.0 Å². The minimum atomic E-state index is -0.731. The third kappa shape index (κ3) is 2.27. The van der Waals surface area contributed by atoms with E-state index in [4.69, 9.17) is 11.6 Å². The van der Waals surface area contributed by atoms with Crippen molar-refractivity contribution in [1.29, 1.82) is 0 Å². The lowest BCUT2D eigenvalue weighted by Gasteiger charge is -2.11. The van der Waals surface area contributed by atoms with Crippen LogP contribution in [0, 0.1) is 6.92 Å². The number of amides is 1. The minimum absolute atomic E-state index is 0.392. The highest BCUT2D eigenvalue weighted by Crippen LogP contribution is 2.20. The first kappa shape index (κ1) is 11.6. The summed E-state index contributed by atoms with van der Waals surface area (Å²) in [5.41, 5.74) is 9.79. The van der Waals surface area contributed by atoms with Gasteiger partial charge in [-0.1, -0.05) is 35.9 Å². The Labute approximate surface area is 99.6 Å². The Hall–Kier alpha value is -1.91. The van der Waals surface area contributed by atoms with Crippen molar-refractivity contribution in [2.24, 2.45) is 11.6 Å². The minimum Gasteiger partial charge on any atom is -0.316 e. The van der Waals surface area contributed by atoms with Crippen LogP contribution in [0.4, 0.5) is 0 Å². The first-order chi connectivity index (χ1) is 8.11. The Bertz CT molecular complexity index is 566. The van der Waals surface area contributed by atoms with E-state index in [1.807, 2.05) is 37.3 Å². The van der Waals surface area contributed by atoms with Crippen LogP contribution in [-0.4, -0.2) is 5.91 Å². The van der Waals surface area contributed by atoms with Crippen molar-refractivity contribution in [3.05, 3.63) is 47.5 Å². The number of aryl methyl sites for hydroxylation is 1. The van der Waals surface area contributed by atoms with Crippen LogP contribution in [0.5, 0.6) is 0 Å². The van der Waals surface area contributed by atoms with Crippen LogP contribution in [0.1, 0.15) is 17.2 Å². The molecular weight excluding hydrogens is 214 g/mol. The molecule has 1 amide bonds. The van der Waals surface area contributed by atoms with Gasteiger partial charge in [0.25, 0.3) is 5.91 Å². The highest BCUT2D eigenvalue weighted by molar-refractivity contribution is 5.87. The largest absolute Gasteiger partial charge is 0.316 e. The van der Waals surface area contributed by atoms with Gasteiger partial charge in [0.2, 0.25) is 0 Å². The van der Waals surface area contributed by atoms with Crippen molar-refractivity contribution < 1.29 is 4.79 Å². The highest BCUT2D eigenvalue weighted by Gasteiger charge is 2.14. The fourth-order valence-electron chi connectivity index (χ4n) is 1.82. The molecule has 88 valence electrons. The molecule has 0 aliphatic heterocycles. The molecule has 0 saturated heterocycles. The first-order valence-corrected chi connectivity index (χ1v) is 5.38. The van der Waals surface area contributed by atoms with Crippen LogP contribution < -0.4 is 17.0 Å². The molecule has 0 bridgehead atoms. The molecule has 0 aromatic heterocycles. The van der Waals surface area contributed by atoms with Crippen molar-refractivity contribution in [3.63, 3.8) is 0 Å². The van der Waals surface area contributed by atoms with Crippen LogP contribution >= 0.6 is 0 Å². The summed E-state index contributed by atoms with van der Waals surface area (Å²) < 4.78 is 0. The maximum Gasteiger partial charge on any atom is 0.255 e. The summed E-state index contributed by atoms with van der Waals surface area (Å²) in [6.45, 7) is 2.04. The predicted octanol–water partition coefficient (Wildman–Crippen LogP) is 1.14. The molecule has 0 aliphatic rings. The average Bonchev–Trinajstić information content (AvgIpc) is 2.36. The SMILES string of the molecule is Cc1ccc2cc(C(N)C(=O)NN)ccc2c1. The Balaban J connectivity index is 2.44. The Kier molecular flexibility index (Phi) is 3.08. The number of carbonyl (C=O) groups excluding carboxylic acids is 1. The lowest BCUT2D eigenvalue weighted by Crippen LogP contribution is -2.38. The third-order valence-electron chi connectivity index (χ3n) is 2.80. The number of carbonyl (C=O) groups is 1. The van der Waals surface area contributed by atoms with Crippen LogP contribution in [0.15, 0.2) is 36.4 Å². The van der Waals surface area contributed by atoms with Gasteiger partial charge in [0, 0.05) is 0 Å². The second-order valence-corrected chi connectivity index (χ2v) is 4.10. The fraction of sp³-hybridized carbons (Fsp3) is 0.154. The zero-order valence-corrected chi connectivity index (χ0v) is 9.60. The molecule has 0 spiro atoms. The Morgan fingerprint density at radius 3 is 2.53 bits per heavy atom. The van der Waals surface area contributed by atoms with E-state index in [9.17, 15) is 4.79 Å². The lowest BCUT2D eigenvalue weighted by atomic mass is 10.0. The molecule has 1 atom stereocenters. The van der Waals surface area contributed by atoms with E-state index in [2.05, 4.69) is 11.5 Å². The molecule has 0 heterocycles. The summed E-state index contributed by atoms with van der Waals surface area (Å²) in [6, 6.07) is 11.1. The van der Waals surface area contributed by atoms with E-state index in [-0.39, 0.29) is 0 Å². The van der Waals surface area contributed by atoms with E-state index in [0.717, 1.165) is 16.3 Å². The number of hydrazine groups is 1. The van der Waals surface area contributed by atoms with Crippen LogP contribution in [-0.2, 0) is 4.79 Å². The van der Waals surface area contributed by atoms with Gasteiger partial charge in [-0.3, -0.25) is 10.2 Å². The molecule has 0 aliphatic carbocycles. The van der Waals surface area contributed by atoms with Gasteiger partial charge >= 0.3 is 0 Å². The second-order valence-electron chi connectivity index (χ2n) is 4.10. The standard InChI is InChI=1S/C13H15N3O/c1-8-2-3-10-7-11(5-4-9(10)6-8)12(14)13(17)16-15/h2-7,12H,14-15H2,1H3,(H,16,17). The van der Waals surface area contributed by atoms with Crippen molar-refractivity contribution >= 4 is 16.7 Å². The van der Waals surface area contributed by atoms with Gasteiger partial charge in [0.1, 0.15) is 6.04 Å². The fourth-order valence-corrected chi connectivity index (χ4v) is 1.82. The average molecular weight is 229 g/mol. The van der Waals surface area contributed by atoms with Crippen LogP contribution in [0.3, 0.4) is 0 Å². The Morgan fingerprint density at radius 2 is 1.82 bits per heavy atom. The smallest absolute Gasteiger partial charge is 0.255 e. The van der Waals surface area contributed by atoms with Crippen molar-refractivity contribution in [1.82, 2.24) is 5.43 Å². The molecule has 0 fully saturated rings. The van der Waals surface area contributed by atoms with Gasteiger partial charge < -0.3 is 5.73 Å². The number of nitrogens with one attached hydrogen (secondary N) is 1. The first-order valence-electron chi connectivity index (χ1n) is 5.38. The van der Waals surface area contributed by atoms with Gasteiger partial charge in [-0.2, -0.15) is 0 Å². The molecule has 5 N–H and O–H groups in total. The number of nitrogens with two attached hydrogens (primary N) is 2. The Morgan fingerprint density at radius 1 is 1.18 bits per heavy atom. The summed E-state index contributed by atoms with van der Waals surface area (Å²) in [4.78, 5) is 11.3. The summed E-state index contributed by atoms with van der Waals surface area (Å²) in [6.07, 6.45) is 0. The third-order valence-corrected chi connectivity index (χ3v) is 2.80. The lowest BCUT2D eigenvalue weighted by molar-refractivity contribution is -0.122. The summed E-state index contributed by atoms with van der Waals surface area (Å²) in [7, 11) is 0. The van der Waals surface area contributed by atoms with E-state index < -0.39 is 11.9 Å². The van der Waals surface area contributed by atoms with E-state index in [0.29, 0.717) is 0 Å². The molecule has 1 unspecified atom stereocenters. The molecular formula is C13H15N3O. The van der Waals surface area contributed by atoms with E-state index >= 15 is 0 Å².